The lowest BCUT2D eigenvalue weighted by molar-refractivity contribution is -0.127. The second kappa shape index (κ2) is 8.48. The first-order valence-electron chi connectivity index (χ1n) is 8.47. The van der Waals surface area contributed by atoms with Crippen LogP contribution in [0.4, 0.5) is 5.69 Å². The molecule has 2 saturated heterocycles. The fourth-order valence-corrected chi connectivity index (χ4v) is 3.08. The van der Waals surface area contributed by atoms with Crippen molar-refractivity contribution in [1.29, 1.82) is 0 Å². The van der Waals surface area contributed by atoms with Crippen molar-refractivity contribution >= 4 is 29.1 Å². The summed E-state index contributed by atoms with van der Waals surface area (Å²) in [4.78, 5) is 25.8. The van der Waals surface area contributed by atoms with E-state index >= 15 is 0 Å². The van der Waals surface area contributed by atoms with Gasteiger partial charge in [-0.2, -0.15) is 5.53 Å². The number of likely N-dealkylation sites (tertiary alicyclic amines) is 1. The van der Waals surface area contributed by atoms with Gasteiger partial charge in [-0.3, -0.25) is 9.59 Å². The molecule has 2 unspecified atom stereocenters. The first-order chi connectivity index (χ1) is 12.1. The number of hydrazine groups is 2. The molecular formula is C16H23ClN6O2. The Morgan fingerprint density at radius 2 is 2.08 bits per heavy atom. The van der Waals surface area contributed by atoms with E-state index in [4.69, 9.17) is 11.6 Å². The van der Waals surface area contributed by atoms with Crippen LogP contribution >= 0.6 is 11.6 Å². The van der Waals surface area contributed by atoms with Gasteiger partial charge in [0, 0.05) is 36.8 Å². The zero-order chi connectivity index (χ0) is 17.6. The summed E-state index contributed by atoms with van der Waals surface area (Å²) >= 11 is 5.88. The fourth-order valence-electron chi connectivity index (χ4n) is 2.96. The maximum Gasteiger partial charge on any atom is 0.242 e. The predicted molar refractivity (Wildman–Crippen MR) is 95.5 cm³/mol. The molecule has 2 aliphatic rings. The van der Waals surface area contributed by atoms with Crippen molar-refractivity contribution in [3.8, 4) is 0 Å². The summed E-state index contributed by atoms with van der Waals surface area (Å²) in [6.07, 6.45) is 2.03. The van der Waals surface area contributed by atoms with Crippen molar-refractivity contribution < 1.29 is 9.59 Å². The Morgan fingerprint density at radius 3 is 2.80 bits per heavy atom. The Morgan fingerprint density at radius 1 is 1.28 bits per heavy atom. The summed E-state index contributed by atoms with van der Waals surface area (Å²) in [5, 5.41) is 6.80. The van der Waals surface area contributed by atoms with E-state index in [0.29, 0.717) is 24.5 Å². The van der Waals surface area contributed by atoms with Crippen LogP contribution in [-0.4, -0.2) is 48.6 Å². The van der Waals surface area contributed by atoms with Gasteiger partial charge in [0.1, 0.15) is 12.2 Å². The van der Waals surface area contributed by atoms with Gasteiger partial charge in [-0.1, -0.05) is 11.6 Å². The van der Waals surface area contributed by atoms with Gasteiger partial charge < -0.3 is 15.5 Å². The zero-order valence-corrected chi connectivity index (χ0v) is 14.6. The third kappa shape index (κ3) is 4.82. The highest BCUT2D eigenvalue weighted by Crippen LogP contribution is 2.15. The van der Waals surface area contributed by atoms with Gasteiger partial charge in [-0.25, -0.2) is 10.9 Å². The molecule has 0 spiro atoms. The molecule has 2 fully saturated rings. The van der Waals surface area contributed by atoms with E-state index < -0.39 is 6.04 Å². The summed E-state index contributed by atoms with van der Waals surface area (Å²) in [5.74, 6) is 0.0983. The topological polar surface area (TPSA) is 97.5 Å². The zero-order valence-electron chi connectivity index (χ0n) is 13.8. The van der Waals surface area contributed by atoms with Crippen molar-refractivity contribution in [3.63, 3.8) is 0 Å². The maximum absolute atomic E-state index is 12.4. The van der Waals surface area contributed by atoms with E-state index in [0.717, 1.165) is 25.1 Å². The highest BCUT2D eigenvalue weighted by molar-refractivity contribution is 6.30. The van der Waals surface area contributed by atoms with Crippen LogP contribution in [0.2, 0.25) is 5.02 Å². The second-order valence-corrected chi connectivity index (χ2v) is 6.59. The third-order valence-electron chi connectivity index (χ3n) is 4.31. The highest BCUT2D eigenvalue weighted by Gasteiger charge is 2.32. The Kier molecular flexibility index (Phi) is 6.09. The molecule has 1 aromatic rings. The quantitative estimate of drug-likeness (QED) is 0.442. The van der Waals surface area contributed by atoms with Crippen molar-refractivity contribution in [3.05, 3.63) is 29.3 Å². The molecule has 0 saturated carbocycles. The summed E-state index contributed by atoms with van der Waals surface area (Å²) in [6.45, 7) is 2.06. The van der Waals surface area contributed by atoms with Crippen molar-refractivity contribution in [1.82, 2.24) is 26.6 Å². The number of carbonyl (C=O) groups excluding carboxylic acids is 2. The van der Waals surface area contributed by atoms with Crippen LogP contribution in [-0.2, 0) is 9.59 Å². The average Bonchev–Trinajstić information content (AvgIpc) is 3.23. The van der Waals surface area contributed by atoms with Gasteiger partial charge in [-0.15, -0.1) is 0 Å². The van der Waals surface area contributed by atoms with Crippen molar-refractivity contribution in [2.45, 2.75) is 31.5 Å². The van der Waals surface area contributed by atoms with E-state index in [-0.39, 0.29) is 18.0 Å². The van der Waals surface area contributed by atoms with Gasteiger partial charge in [0.05, 0.1) is 0 Å². The highest BCUT2D eigenvalue weighted by atomic mass is 35.5. The third-order valence-corrected chi connectivity index (χ3v) is 4.56. The molecule has 136 valence electrons. The van der Waals surface area contributed by atoms with Crippen LogP contribution in [0.5, 0.6) is 0 Å². The number of carbonyl (C=O) groups is 2. The van der Waals surface area contributed by atoms with Gasteiger partial charge in [-0.05, 0) is 37.1 Å². The fraction of sp³-hybridized carbons (Fsp3) is 0.500. The molecule has 0 aliphatic carbocycles. The van der Waals surface area contributed by atoms with Crippen LogP contribution in [0.15, 0.2) is 24.3 Å². The van der Waals surface area contributed by atoms with E-state index in [9.17, 15) is 9.59 Å². The first-order valence-corrected chi connectivity index (χ1v) is 8.85. The van der Waals surface area contributed by atoms with Crippen molar-refractivity contribution in [2.75, 3.05) is 25.0 Å². The molecule has 0 aromatic heterocycles. The molecule has 0 radical (unpaired) electrons. The molecule has 1 aromatic carbocycles. The van der Waals surface area contributed by atoms with Crippen LogP contribution in [0.3, 0.4) is 0 Å². The standard InChI is InChI=1S/C16H23ClN6O2/c17-11-4-6-12(7-5-11)19-15-14(20-22-21-15)16(25)18-8-2-10-23-9-1-3-13(23)24/h4-7,14-15,19-22H,1-3,8-10H2,(H,18,25). The van der Waals surface area contributed by atoms with Gasteiger partial charge in [0.15, 0.2) is 0 Å². The molecule has 8 nitrogen and oxygen atoms in total. The number of halogens is 1. The SMILES string of the molecule is O=C(NCCCN1CCCC1=O)C1NNNC1Nc1ccc(Cl)cc1. The number of benzene rings is 1. The van der Waals surface area contributed by atoms with Crippen LogP contribution < -0.4 is 27.0 Å². The van der Waals surface area contributed by atoms with Crippen molar-refractivity contribution in [2.24, 2.45) is 0 Å². The normalized spacial score (nSPS) is 23.1. The summed E-state index contributed by atoms with van der Waals surface area (Å²) in [7, 11) is 0. The number of rotatable bonds is 7. The number of anilines is 1. The molecule has 2 aliphatic heterocycles. The predicted octanol–water partition coefficient (Wildman–Crippen LogP) is 0.188. The molecule has 9 heteroatoms. The summed E-state index contributed by atoms with van der Waals surface area (Å²) in [5.41, 5.74) is 9.51. The van der Waals surface area contributed by atoms with E-state index in [2.05, 4.69) is 27.0 Å². The minimum Gasteiger partial charge on any atom is -0.367 e. The first kappa shape index (κ1) is 17.9. The van der Waals surface area contributed by atoms with E-state index in [1.807, 2.05) is 17.0 Å². The average molecular weight is 367 g/mol. The largest absolute Gasteiger partial charge is 0.367 e. The minimum atomic E-state index is -0.468. The van der Waals surface area contributed by atoms with Crippen LogP contribution in [0, 0.1) is 0 Å². The lowest BCUT2D eigenvalue weighted by Gasteiger charge is -2.20. The lowest BCUT2D eigenvalue weighted by atomic mass is 10.2. The van der Waals surface area contributed by atoms with E-state index in [1.54, 1.807) is 12.1 Å². The molecule has 3 rings (SSSR count). The molecule has 2 heterocycles. The van der Waals surface area contributed by atoms with Gasteiger partial charge in [0.25, 0.3) is 0 Å². The van der Waals surface area contributed by atoms with Gasteiger partial charge >= 0.3 is 0 Å². The Labute approximate surface area is 151 Å². The maximum atomic E-state index is 12.4. The Balaban J connectivity index is 1.42. The molecule has 2 atom stereocenters. The Hall–Kier alpha value is -1.87. The number of nitrogens with one attached hydrogen (secondary N) is 5. The molecular weight excluding hydrogens is 344 g/mol. The van der Waals surface area contributed by atoms with E-state index in [1.165, 1.54) is 0 Å². The number of nitrogens with zero attached hydrogens (tertiary/aromatic N) is 1. The second-order valence-electron chi connectivity index (χ2n) is 6.15. The molecule has 0 bridgehead atoms. The molecule has 2 amide bonds. The van der Waals surface area contributed by atoms with Crippen LogP contribution in [0.1, 0.15) is 19.3 Å². The minimum absolute atomic E-state index is 0.114. The molecule has 25 heavy (non-hydrogen) atoms. The number of hydrogen-bond donors (Lipinski definition) is 5. The smallest absolute Gasteiger partial charge is 0.242 e. The van der Waals surface area contributed by atoms with Gasteiger partial charge in [0.2, 0.25) is 11.8 Å². The Bertz CT molecular complexity index is 611. The monoisotopic (exact) mass is 366 g/mol. The summed E-state index contributed by atoms with van der Waals surface area (Å²) < 4.78 is 0. The lowest BCUT2D eigenvalue weighted by Crippen LogP contribution is -2.50. The number of hydrogen-bond acceptors (Lipinski definition) is 6. The number of amides is 2. The summed E-state index contributed by atoms with van der Waals surface area (Å²) in [6, 6.07) is 6.81. The van der Waals surface area contributed by atoms with Crippen LogP contribution in [0.25, 0.3) is 0 Å². The molecule has 5 N–H and O–H groups in total.